The van der Waals surface area contributed by atoms with Gasteiger partial charge in [0.2, 0.25) is 0 Å². The molecular weight excluding hydrogens is 330 g/mol. The van der Waals surface area contributed by atoms with Crippen molar-refractivity contribution in [2.45, 2.75) is 12.3 Å². The molecule has 1 aliphatic rings. The number of halogens is 2. The number of benzene rings is 1. The summed E-state index contributed by atoms with van der Waals surface area (Å²) in [4.78, 5) is 1.52. The third kappa shape index (κ3) is 2.64. The van der Waals surface area contributed by atoms with Crippen LogP contribution in [0.25, 0.3) is 0 Å². The van der Waals surface area contributed by atoms with Crippen LogP contribution in [0.1, 0.15) is 21.9 Å². The summed E-state index contributed by atoms with van der Waals surface area (Å²) >= 11 is 5.55. The standard InChI is InChI=1S/C14H14BrNS.ClH/c15-13-9-17-14-11(13)6-7-16-8-12(14)10-4-2-1-3-5-10;/h1-5,9,12,16H,6-8H2;1H. The molecule has 1 N–H and O–H groups in total. The minimum absolute atomic E-state index is 0. The van der Waals surface area contributed by atoms with Gasteiger partial charge in [0.1, 0.15) is 0 Å². The lowest BCUT2D eigenvalue weighted by Gasteiger charge is -2.15. The quantitative estimate of drug-likeness (QED) is 0.817. The molecule has 0 saturated carbocycles. The normalized spacial score (nSPS) is 18.6. The van der Waals surface area contributed by atoms with Crippen LogP contribution in [0.5, 0.6) is 0 Å². The molecule has 4 heteroatoms. The molecule has 0 amide bonds. The Morgan fingerprint density at radius 3 is 2.78 bits per heavy atom. The van der Waals surface area contributed by atoms with Crippen LogP contribution in [-0.4, -0.2) is 13.1 Å². The van der Waals surface area contributed by atoms with E-state index < -0.39 is 0 Å². The van der Waals surface area contributed by atoms with Crippen molar-refractivity contribution in [1.82, 2.24) is 5.32 Å². The van der Waals surface area contributed by atoms with Crippen molar-refractivity contribution >= 4 is 39.7 Å². The molecule has 1 atom stereocenters. The van der Waals surface area contributed by atoms with Gasteiger partial charge in [0.15, 0.2) is 0 Å². The zero-order chi connectivity index (χ0) is 11.7. The Labute approximate surface area is 126 Å². The number of thiophene rings is 1. The first-order valence-corrected chi connectivity index (χ1v) is 7.55. The van der Waals surface area contributed by atoms with Gasteiger partial charge in [0.25, 0.3) is 0 Å². The fourth-order valence-corrected chi connectivity index (χ4v) is 4.35. The van der Waals surface area contributed by atoms with E-state index in [9.17, 15) is 0 Å². The molecule has 1 unspecified atom stereocenters. The van der Waals surface area contributed by atoms with E-state index in [1.54, 1.807) is 0 Å². The van der Waals surface area contributed by atoms with Crippen molar-refractivity contribution < 1.29 is 0 Å². The van der Waals surface area contributed by atoms with Gasteiger partial charge in [-0.05, 0) is 40.0 Å². The molecule has 96 valence electrons. The van der Waals surface area contributed by atoms with Crippen molar-refractivity contribution in [1.29, 1.82) is 0 Å². The maximum Gasteiger partial charge on any atom is 0.0317 e. The summed E-state index contributed by atoms with van der Waals surface area (Å²) in [5, 5.41) is 5.77. The maximum absolute atomic E-state index is 3.67. The summed E-state index contributed by atoms with van der Waals surface area (Å²) in [5.41, 5.74) is 2.91. The van der Waals surface area contributed by atoms with Gasteiger partial charge < -0.3 is 5.32 Å². The van der Waals surface area contributed by atoms with Gasteiger partial charge in [0, 0.05) is 27.2 Å². The molecule has 2 heterocycles. The van der Waals surface area contributed by atoms with Gasteiger partial charge in [-0.2, -0.15) is 0 Å². The van der Waals surface area contributed by atoms with Crippen LogP contribution in [0, 0.1) is 0 Å². The van der Waals surface area contributed by atoms with Gasteiger partial charge >= 0.3 is 0 Å². The molecule has 2 aromatic rings. The van der Waals surface area contributed by atoms with E-state index in [1.807, 2.05) is 11.3 Å². The van der Waals surface area contributed by atoms with Crippen molar-refractivity contribution in [2.24, 2.45) is 0 Å². The Balaban J connectivity index is 0.00000120. The minimum Gasteiger partial charge on any atom is -0.315 e. The number of hydrogen-bond acceptors (Lipinski definition) is 2. The third-order valence-electron chi connectivity index (χ3n) is 3.29. The van der Waals surface area contributed by atoms with E-state index in [2.05, 4.69) is 57.0 Å². The van der Waals surface area contributed by atoms with Crippen molar-refractivity contribution in [3.63, 3.8) is 0 Å². The van der Waals surface area contributed by atoms with E-state index in [-0.39, 0.29) is 12.4 Å². The smallest absolute Gasteiger partial charge is 0.0317 e. The lowest BCUT2D eigenvalue weighted by Crippen LogP contribution is -2.20. The van der Waals surface area contributed by atoms with Crippen molar-refractivity contribution in [3.05, 3.63) is 56.2 Å². The lowest BCUT2D eigenvalue weighted by molar-refractivity contribution is 0.668. The van der Waals surface area contributed by atoms with E-state index in [4.69, 9.17) is 0 Å². The monoisotopic (exact) mass is 343 g/mol. The van der Waals surface area contributed by atoms with Gasteiger partial charge in [-0.15, -0.1) is 23.7 Å². The number of rotatable bonds is 1. The van der Waals surface area contributed by atoms with E-state index in [0.717, 1.165) is 19.5 Å². The lowest BCUT2D eigenvalue weighted by atomic mass is 9.95. The molecule has 0 fully saturated rings. The Kier molecular flexibility index (Phi) is 4.84. The molecular formula is C14H15BrClNS. The predicted molar refractivity (Wildman–Crippen MR) is 84.1 cm³/mol. The van der Waals surface area contributed by atoms with Crippen LogP contribution in [0.3, 0.4) is 0 Å². The van der Waals surface area contributed by atoms with Crippen LogP contribution < -0.4 is 5.32 Å². The highest BCUT2D eigenvalue weighted by atomic mass is 79.9. The first kappa shape index (κ1) is 14.1. The van der Waals surface area contributed by atoms with Crippen molar-refractivity contribution in [3.8, 4) is 0 Å². The van der Waals surface area contributed by atoms with Gasteiger partial charge in [-0.1, -0.05) is 30.3 Å². The molecule has 1 aromatic carbocycles. The molecule has 0 radical (unpaired) electrons. The molecule has 0 aliphatic carbocycles. The van der Waals surface area contributed by atoms with Gasteiger partial charge in [0.05, 0.1) is 0 Å². The summed E-state index contributed by atoms with van der Waals surface area (Å²) in [6, 6.07) is 10.8. The molecule has 1 nitrogen and oxygen atoms in total. The Morgan fingerprint density at radius 1 is 1.22 bits per heavy atom. The summed E-state index contributed by atoms with van der Waals surface area (Å²) < 4.78 is 1.28. The minimum atomic E-state index is 0. The number of hydrogen-bond donors (Lipinski definition) is 1. The fourth-order valence-electron chi connectivity index (χ4n) is 2.42. The number of nitrogens with one attached hydrogen (secondary N) is 1. The predicted octanol–water partition coefficient (Wildman–Crippen LogP) is 4.21. The zero-order valence-electron chi connectivity index (χ0n) is 9.86. The van der Waals surface area contributed by atoms with E-state index in [0.29, 0.717) is 5.92 Å². The average molecular weight is 345 g/mol. The highest BCUT2D eigenvalue weighted by molar-refractivity contribution is 9.10. The highest BCUT2D eigenvalue weighted by Gasteiger charge is 2.23. The van der Waals surface area contributed by atoms with Gasteiger partial charge in [-0.3, -0.25) is 0 Å². The van der Waals surface area contributed by atoms with Crippen LogP contribution in [0.2, 0.25) is 0 Å². The zero-order valence-corrected chi connectivity index (χ0v) is 13.1. The highest BCUT2D eigenvalue weighted by Crippen LogP contribution is 2.37. The Bertz CT molecular complexity index is 512. The SMILES string of the molecule is Brc1csc2c1CCNCC2c1ccccc1.Cl. The first-order chi connectivity index (χ1) is 8.36. The van der Waals surface area contributed by atoms with Gasteiger partial charge in [-0.25, -0.2) is 0 Å². The third-order valence-corrected chi connectivity index (χ3v) is 5.44. The molecule has 18 heavy (non-hydrogen) atoms. The van der Waals surface area contributed by atoms with Crippen molar-refractivity contribution in [2.75, 3.05) is 13.1 Å². The van der Waals surface area contributed by atoms with Crippen LogP contribution in [0.4, 0.5) is 0 Å². The van der Waals surface area contributed by atoms with E-state index in [1.165, 1.54) is 20.5 Å². The second-order valence-electron chi connectivity index (χ2n) is 4.34. The summed E-state index contributed by atoms with van der Waals surface area (Å²) in [7, 11) is 0. The molecule has 0 spiro atoms. The molecule has 1 aliphatic heterocycles. The fraction of sp³-hybridized carbons (Fsp3) is 0.286. The van der Waals surface area contributed by atoms with Crippen LogP contribution in [-0.2, 0) is 6.42 Å². The maximum atomic E-state index is 3.67. The van der Waals surface area contributed by atoms with Crippen LogP contribution in [0.15, 0.2) is 40.2 Å². The summed E-state index contributed by atoms with van der Waals surface area (Å²) in [6.45, 7) is 2.12. The largest absolute Gasteiger partial charge is 0.315 e. The second kappa shape index (κ2) is 6.20. The summed E-state index contributed by atoms with van der Waals surface area (Å²) in [5.74, 6) is 0.505. The van der Waals surface area contributed by atoms with Crippen LogP contribution >= 0.6 is 39.7 Å². The molecule has 3 rings (SSSR count). The summed E-state index contributed by atoms with van der Waals surface area (Å²) in [6.07, 6.45) is 1.13. The topological polar surface area (TPSA) is 12.0 Å². The molecule has 0 bridgehead atoms. The molecule has 1 aromatic heterocycles. The van der Waals surface area contributed by atoms with E-state index >= 15 is 0 Å². The first-order valence-electron chi connectivity index (χ1n) is 5.87. The Hall–Kier alpha value is -0.350. The number of fused-ring (bicyclic) bond motifs is 1. The average Bonchev–Trinajstić information content (AvgIpc) is 2.62. The molecule has 0 saturated heterocycles. The second-order valence-corrected chi connectivity index (χ2v) is 6.11. The Morgan fingerprint density at radius 2 is 2.00 bits per heavy atom.